The summed E-state index contributed by atoms with van der Waals surface area (Å²) in [5.74, 6) is -1.36. The summed E-state index contributed by atoms with van der Waals surface area (Å²) in [5, 5.41) is 3.44. The molecule has 1 N–H and O–H groups in total. The molecule has 1 atom stereocenters. The van der Waals surface area contributed by atoms with Crippen LogP contribution in [0, 0.1) is 12.7 Å². The number of carbonyl (C=O) groups is 2. The zero-order chi connectivity index (χ0) is 20.1. The maximum Gasteiger partial charge on any atom is 0.350 e. The fourth-order valence-corrected chi connectivity index (χ4v) is 3.57. The summed E-state index contributed by atoms with van der Waals surface area (Å²) in [6.07, 6.45) is 0. The lowest BCUT2D eigenvalue weighted by Crippen LogP contribution is -2.31. The van der Waals surface area contributed by atoms with Crippen LogP contribution in [0.25, 0.3) is 10.6 Å². The molecular formula is C21H19FN2O3S. The largest absolute Gasteiger partial charge is 0.451 e. The van der Waals surface area contributed by atoms with Gasteiger partial charge in [0.05, 0.1) is 11.7 Å². The number of nitrogens with zero attached hydrogens (tertiary/aromatic N) is 1. The van der Waals surface area contributed by atoms with Crippen molar-refractivity contribution in [2.75, 3.05) is 6.61 Å². The molecule has 0 bridgehead atoms. The maximum atomic E-state index is 13.0. The van der Waals surface area contributed by atoms with Gasteiger partial charge in [0, 0.05) is 5.56 Å². The zero-order valence-electron chi connectivity index (χ0n) is 15.4. The standard InChI is InChI=1S/C21H19FN2O3S/c1-13(15-8-10-17(22)11-9-15)23-18(25)12-27-21(26)19-14(2)24-20(28-19)16-6-4-3-5-7-16/h3-11,13H,12H2,1-2H3,(H,23,25)/t13-/m1/s1. The number of hydrogen-bond donors (Lipinski definition) is 1. The molecule has 144 valence electrons. The maximum absolute atomic E-state index is 13.0. The lowest BCUT2D eigenvalue weighted by atomic mass is 10.1. The van der Waals surface area contributed by atoms with Crippen molar-refractivity contribution in [2.45, 2.75) is 19.9 Å². The quantitative estimate of drug-likeness (QED) is 0.629. The molecule has 7 heteroatoms. The predicted molar refractivity (Wildman–Crippen MR) is 106 cm³/mol. The third-order valence-corrected chi connectivity index (χ3v) is 5.27. The van der Waals surface area contributed by atoms with Gasteiger partial charge >= 0.3 is 5.97 Å². The Morgan fingerprint density at radius 2 is 1.82 bits per heavy atom. The lowest BCUT2D eigenvalue weighted by molar-refractivity contribution is -0.124. The molecule has 1 heterocycles. The van der Waals surface area contributed by atoms with Gasteiger partial charge in [0.15, 0.2) is 6.61 Å². The van der Waals surface area contributed by atoms with Crippen molar-refractivity contribution in [3.63, 3.8) is 0 Å². The minimum Gasteiger partial charge on any atom is -0.451 e. The number of ether oxygens (including phenoxy) is 1. The van der Waals surface area contributed by atoms with Crippen LogP contribution in [0.2, 0.25) is 0 Å². The van der Waals surface area contributed by atoms with Crippen LogP contribution in [0.15, 0.2) is 54.6 Å². The van der Waals surface area contributed by atoms with E-state index in [1.165, 1.54) is 23.5 Å². The van der Waals surface area contributed by atoms with Gasteiger partial charge in [0.2, 0.25) is 0 Å². The van der Waals surface area contributed by atoms with Gasteiger partial charge in [-0.1, -0.05) is 42.5 Å². The molecule has 3 aromatic rings. The summed E-state index contributed by atoms with van der Waals surface area (Å²) >= 11 is 1.23. The third kappa shape index (κ3) is 4.80. The molecule has 0 aliphatic heterocycles. The average Bonchev–Trinajstić information content (AvgIpc) is 3.09. The molecule has 0 aliphatic carbocycles. The highest BCUT2D eigenvalue weighted by Gasteiger charge is 2.19. The summed E-state index contributed by atoms with van der Waals surface area (Å²) in [7, 11) is 0. The number of carbonyl (C=O) groups excluding carboxylic acids is 2. The van der Waals surface area contributed by atoms with Gasteiger partial charge in [-0.2, -0.15) is 0 Å². The van der Waals surface area contributed by atoms with Gasteiger partial charge in [0.1, 0.15) is 15.7 Å². The molecule has 5 nitrogen and oxygen atoms in total. The van der Waals surface area contributed by atoms with Crippen LogP contribution in [0.1, 0.15) is 33.9 Å². The minimum atomic E-state index is -0.582. The van der Waals surface area contributed by atoms with Gasteiger partial charge in [-0.05, 0) is 31.5 Å². The summed E-state index contributed by atoms with van der Waals surface area (Å²) in [4.78, 5) is 29.2. The van der Waals surface area contributed by atoms with Crippen molar-refractivity contribution in [1.29, 1.82) is 0 Å². The molecule has 1 amide bonds. The Kier molecular flexibility index (Phi) is 6.16. The Morgan fingerprint density at radius 1 is 1.14 bits per heavy atom. The van der Waals surface area contributed by atoms with Crippen molar-refractivity contribution in [2.24, 2.45) is 0 Å². The van der Waals surface area contributed by atoms with Crippen LogP contribution in [-0.4, -0.2) is 23.5 Å². The Balaban J connectivity index is 1.57. The highest BCUT2D eigenvalue weighted by Crippen LogP contribution is 2.28. The predicted octanol–water partition coefficient (Wildman–Crippen LogP) is 4.29. The number of amides is 1. The summed E-state index contributed by atoms with van der Waals surface area (Å²) in [6.45, 7) is 3.10. The molecule has 2 aromatic carbocycles. The average molecular weight is 398 g/mol. The van der Waals surface area contributed by atoms with Crippen LogP contribution in [0.3, 0.4) is 0 Å². The van der Waals surface area contributed by atoms with Crippen LogP contribution in [0.4, 0.5) is 4.39 Å². The van der Waals surface area contributed by atoms with Crippen molar-refractivity contribution >= 4 is 23.2 Å². The topological polar surface area (TPSA) is 68.3 Å². The van der Waals surface area contributed by atoms with E-state index in [1.807, 2.05) is 30.3 Å². The molecule has 0 radical (unpaired) electrons. The molecule has 0 aliphatic rings. The fraction of sp³-hybridized carbons (Fsp3) is 0.190. The Hall–Kier alpha value is -3.06. The van der Waals surface area contributed by atoms with Crippen molar-refractivity contribution < 1.29 is 18.7 Å². The molecule has 28 heavy (non-hydrogen) atoms. The number of aryl methyl sites for hydroxylation is 1. The number of thiazole rings is 1. The fourth-order valence-electron chi connectivity index (χ4n) is 2.60. The molecular weight excluding hydrogens is 379 g/mol. The first-order chi connectivity index (χ1) is 13.4. The molecule has 0 unspecified atom stereocenters. The number of aromatic nitrogens is 1. The summed E-state index contributed by atoms with van der Waals surface area (Å²) in [5.41, 5.74) is 2.24. The molecule has 0 saturated carbocycles. The number of rotatable bonds is 6. The monoisotopic (exact) mass is 398 g/mol. The number of hydrogen-bond acceptors (Lipinski definition) is 5. The van der Waals surface area contributed by atoms with Crippen molar-refractivity contribution in [1.82, 2.24) is 10.3 Å². The van der Waals surface area contributed by atoms with E-state index in [1.54, 1.807) is 26.0 Å². The van der Waals surface area contributed by atoms with Gasteiger partial charge in [-0.3, -0.25) is 4.79 Å². The first kappa shape index (κ1) is 19.7. The zero-order valence-corrected chi connectivity index (χ0v) is 16.3. The van der Waals surface area contributed by atoms with Gasteiger partial charge in [-0.25, -0.2) is 14.2 Å². The van der Waals surface area contributed by atoms with Gasteiger partial charge in [-0.15, -0.1) is 11.3 Å². The number of esters is 1. The lowest BCUT2D eigenvalue weighted by Gasteiger charge is -2.14. The van der Waals surface area contributed by atoms with Crippen molar-refractivity contribution in [3.8, 4) is 10.6 Å². The van der Waals surface area contributed by atoms with Crippen molar-refractivity contribution in [3.05, 3.63) is 76.5 Å². The number of nitrogens with one attached hydrogen (secondary N) is 1. The Morgan fingerprint density at radius 3 is 2.50 bits per heavy atom. The van der Waals surface area contributed by atoms with Crippen LogP contribution >= 0.6 is 11.3 Å². The first-order valence-corrected chi connectivity index (χ1v) is 9.50. The van der Waals surface area contributed by atoms with E-state index < -0.39 is 18.5 Å². The summed E-state index contributed by atoms with van der Waals surface area (Å²) in [6, 6.07) is 15.1. The van der Waals surface area contributed by atoms with Crippen LogP contribution in [0.5, 0.6) is 0 Å². The van der Waals surface area contributed by atoms with Crippen LogP contribution in [-0.2, 0) is 9.53 Å². The highest BCUT2D eigenvalue weighted by molar-refractivity contribution is 7.17. The number of benzene rings is 2. The molecule has 0 spiro atoms. The van der Waals surface area contributed by atoms with Crippen LogP contribution < -0.4 is 5.32 Å². The molecule has 1 aromatic heterocycles. The minimum absolute atomic E-state index is 0.332. The van der Waals surface area contributed by atoms with E-state index in [9.17, 15) is 14.0 Å². The van der Waals surface area contributed by atoms with E-state index in [0.717, 1.165) is 16.1 Å². The second-order valence-corrected chi connectivity index (χ2v) is 7.22. The second kappa shape index (κ2) is 8.75. The van der Waals surface area contributed by atoms with E-state index in [2.05, 4.69) is 10.3 Å². The second-order valence-electron chi connectivity index (χ2n) is 6.22. The Bertz CT molecular complexity index is 971. The van der Waals surface area contributed by atoms with E-state index in [0.29, 0.717) is 10.6 Å². The smallest absolute Gasteiger partial charge is 0.350 e. The van der Waals surface area contributed by atoms with E-state index in [4.69, 9.17) is 4.74 Å². The first-order valence-electron chi connectivity index (χ1n) is 8.69. The molecule has 3 rings (SSSR count). The SMILES string of the molecule is Cc1nc(-c2ccccc2)sc1C(=O)OCC(=O)N[C@H](C)c1ccc(F)cc1. The van der Waals surface area contributed by atoms with E-state index >= 15 is 0 Å². The van der Waals surface area contributed by atoms with E-state index in [-0.39, 0.29) is 11.9 Å². The summed E-state index contributed by atoms with van der Waals surface area (Å²) < 4.78 is 18.1. The molecule has 0 fully saturated rings. The normalized spacial score (nSPS) is 11.7. The van der Waals surface area contributed by atoms with Gasteiger partial charge < -0.3 is 10.1 Å². The Labute approximate surface area is 166 Å². The highest BCUT2D eigenvalue weighted by atomic mass is 32.1. The third-order valence-electron chi connectivity index (χ3n) is 4.08. The van der Waals surface area contributed by atoms with Gasteiger partial charge in [0.25, 0.3) is 5.91 Å². The molecule has 0 saturated heterocycles. The number of halogens is 1.